The molecule has 0 fully saturated rings. The highest BCUT2D eigenvalue weighted by atomic mass is 16.5. The van der Waals surface area contributed by atoms with Gasteiger partial charge < -0.3 is 14.9 Å². The summed E-state index contributed by atoms with van der Waals surface area (Å²) in [5.41, 5.74) is 0. The van der Waals surface area contributed by atoms with Crippen molar-refractivity contribution in [2.45, 2.75) is 57.3 Å². The number of hydrogen-bond acceptors (Lipinski definition) is 4. The van der Waals surface area contributed by atoms with Crippen molar-refractivity contribution < 1.29 is 19.7 Å². The van der Waals surface area contributed by atoms with E-state index in [0.717, 1.165) is 25.7 Å². The molecule has 1 aliphatic heterocycles. The molecule has 2 N–H and O–H groups in total. The second kappa shape index (κ2) is 6.66. The molecule has 4 nitrogen and oxygen atoms in total. The van der Waals surface area contributed by atoms with E-state index in [-0.39, 0.29) is 6.10 Å². The maximum atomic E-state index is 11.3. The van der Waals surface area contributed by atoms with E-state index in [1.165, 1.54) is 12.2 Å². The predicted molar refractivity (Wildman–Crippen MR) is 59.8 cm³/mol. The number of carbonyl (C=O) groups is 1. The van der Waals surface area contributed by atoms with Crippen molar-refractivity contribution in [2.24, 2.45) is 0 Å². The molecule has 0 saturated carbocycles. The third-order valence-electron chi connectivity index (χ3n) is 2.75. The summed E-state index contributed by atoms with van der Waals surface area (Å²) in [4.78, 5) is 11.3. The molecule has 1 aliphatic rings. The number of carbonyl (C=O) groups excluding carboxylic acids is 1. The maximum Gasteiger partial charge on any atom is 0.330 e. The van der Waals surface area contributed by atoms with Crippen molar-refractivity contribution in [3.05, 3.63) is 12.2 Å². The van der Waals surface area contributed by atoms with Gasteiger partial charge in [0.05, 0.1) is 18.3 Å². The average molecular weight is 228 g/mol. The van der Waals surface area contributed by atoms with Gasteiger partial charge in [0, 0.05) is 6.08 Å². The van der Waals surface area contributed by atoms with E-state index in [0.29, 0.717) is 6.42 Å². The van der Waals surface area contributed by atoms with Gasteiger partial charge in [-0.2, -0.15) is 0 Å². The van der Waals surface area contributed by atoms with Crippen LogP contribution >= 0.6 is 0 Å². The van der Waals surface area contributed by atoms with Crippen LogP contribution in [0.1, 0.15) is 39.0 Å². The molecule has 0 aromatic heterocycles. The summed E-state index contributed by atoms with van der Waals surface area (Å²) >= 11 is 0. The number of esters is 1. The van der Waals surface area contributed by atoms with Crippen LogP contribution in [0.4, 0.5) is 0 Å². The molecule has 1 heterocycles. The summed E-state index contributed by atoms with van der Waals surface area (Å²) in [5, 5.41) is 19.0. The van der Waals surface area contributed by atoms with E-state index in [4.69, 9.17) is 4.74 Å². The van der Waals surface area contributed by atoms with Gasteiger partial charge in [-0.05, 0) is 32.3 Å². The Kier molecular flexibility index (Phi) is 5.49. The van der Waals surface area contributed by atoms with Gasteiger partial charge in [-0.25, -0.2) is 4.79 Å². The molecule has 3 atom stereocenters. The van der Waals surface area contributed by atoms with Gasteiger partial charge in [-0.1, -0.05) is 12.8 Å². The fourth-order valence-electron chi connectivity index (χ4n) is 1.73. The lowest BCUT2D eigenvalue weighted by Gasteiger charge is -2.16. The van der Waals surface area contributed by atoms with Crippen LogP contribution in [0, 0.1) is 0 Å². The number of ether oxygens (including phenoxy) is 1. The minimum atomic E-state index is -0.984. The second-order valence-corrected chi connectivity index (χ2v) is 4.30. The lowest BCUT2D eigenvalue weighted by Crippen LogP contribution is -2.24. The van der Waals surface area contributed by atoms with E-state index in [1.807, 2.05) is 6.92 Å². The highest BCUT2D eigenvalue weighted by molar-refractivity contribution is 5.82. The SMILES string of the molecule is CC1CCCCC[C@@H](O)[C@H](O)/C=C/C(=O)O1. The van der Waals surface area contributed by atoms with Gasteiger partial charge in [0.25, 0.3) is 0 Å². The fourth-order valence-corrected chi connectivity index (χ4v) is 1.73. The van der Waals surface area contributed by atoms with Gasteiger partial charge in [0.1, 0.15) is 0 Å². The number of hydrogen-bond donors (Lipinski definition) is 2. The Labute approximate surface area is 95.9 Å². The second-order valence-electron chi connectivity index (χ2n) is 4.30. The number of aliphatic hydroxyl groups is 2. The number of rotatable bonds is 0. The van der Waals surface area contributed by atoms with E-state index in [2.05, 4.69) is 0 Å². The molecule has 0 aliphatic carbocycles. The first-order chi connectivity index (χ1) is 7.59. The normalized spacial score (nSPS) is 35.7. The van der Waals surface area contributed by atoms with Gasteiger partial charge in [-0.15, -0.1) is 0 Å². The molecule has 0 saturated heterocycles. The molecular formula is C12H20O4. The largest absolute Gasteiger partial charge is 0.460 e. The minimum absolute atomic E-state index is 0.0846. The first-order valence-electron chi connectivity index (χ1n) is 5.84. The van der Waals surface area contributed by atoms with Crippen molar-refractivity contribution >= 4 is 5.97 Å². The summed E-state index contributed by atoms with van der Waals surface area (Å²) < 4.78 is 5.09. The number of cyclic esters (lactones) is 1. The highest BCUT2D eigenvalue weighted by Crippen LogP contribution is 2.13. The van der Waals surface area contributed by atoms with Crippen molar-refractivity contribution in [3.8, 4) is 0 Å². The quantitative estimate of drug-likeness (QED) is 0.611. The lowest BCUT2D eigenvalue weighted by atomic mass is 10.0. The Bertz CT molecular complexity index is 249. The van der Waals surface area contributed by atoms with E-state index >= 15 is 0 Å². The van der Waals surface area contributed by atoms with Crippen LogP contribution in [0.2, 0.25) is 0 Å². The third-order valence-corrected chi connectivity index (χ3v) is 2.75. The highest BCUT2D eigenvalue weighted by Gasteiger charge is 2.15. The van der Waals surface area contributed by atoms with Crippen LogP contribution in [-0.4, -0.2) is 34.5 Å². The van der Waals surface area contributed by atoms with Crippen LogP contribution in [-0.2, 0) is 9.53 Å². The molecule has 0 spiro atoms. The molecule has 0 radical (unpaired) electrons. The average Bonchev–Trinajstić information content (AvgIpc) is 2.23. The summed E-state index contributed by atoms with van der Waals surface area (Å²) in [7, 11) is 0. The standard InChI is InChI=1S/C12H20O4/c1-9-5-3-2-4-6-10(13)11(14)7-8-12(15)16-9/h7-11,13-14H,2-6H2,1H3/b8-7+/t9?,10-,11-/m1/s1. The molecule has 4 heteroatoms. The Balaban J connectivity index is 2.58. The smallest absolute Gasteiger partial charge is 0.330 e. The van der Waals surface area contributed by atoms with Crippen molar-refractivity contribution in [1.82, 2.24) is 0 Å². The van der Waals surface area contributed by atoms with Crippen LogP contribution in [0.5, 0.6) is 0 Å². The molecule has 92 valence electrons. The van der Waals surface area contributed by atoms with Crippen LogP contribution in [0.3, 0.4) is 0 Å². The first-order valence-corrected chi connectivity index (χ1v) is 5.84. The van der Waals surface area contributed by atoms with E-state index < -0.39 is 18.2 Å². The summed E-state index contributed by atoms with van der Waals surface area (Å²) in [6.45, 7) is 1.86. The molecular weight excluding hydrogens is 208 g/mol. The Morgan fingerprint density at radius 1 is 1.25 bits per heavy atom. The van der Waals surface area contributed by atoms with Crippen molar-refractivity contribution in [3.63, 3.8) is 0 Å². The van der Waals surface area contributed by atoms with Gasteiger partial charge in [0.15, 0.2) is 0 Å². The fraction of sp³-hybridized carbons (Fsp3) is 0.750. The monoisotopic (exact) mass is 228 g/mol. The Morgan fingerprint density at radius 3 is 2.69 bits per heavy atom. The van der Waals surface area contributed by atoms with Gasteiger partial charge in [-0.3, -0.25) is 0 Å². The molecule has 0 aromatic rings. The maximum absolute atomic E-state index is 11.3. The zero-order valence-corrected chi connectivity index (χ0v) is 9.63. The van der Waals surface area contributed by atoms with Crippen molar-refractivity contribution in [2.75, 3.05) is 0 Å². The van der Waals surface area contributed by atoms with Crippen LogP contribution < -0.4 is 0 Å². The molecule has 0 bridgehead atoms. The molecule has 16 heavy (non-hydrogen) atoms. The Morgan fingerprint density at radius 2 is 1.94 bits per heavy atom. The predicted octanol–water partition coefficient (Wildman–Crippen LogP) is 1.16. The topological polar surface area (TPSA) is 66.8 Å². The summed E-state index contributed by atoms with van der Waals surface area (Å²) in [6.07, 6.45) is 4.87. The molecule has 0 amide bonds. The molecule has 0 aromatic carbocycles. The summed E-state index contributed by atoms with van der Waals surface area (Å²) in [6, 6.07) is 0. The summed E-state index contributed by atoms with van der Waals surface area (Å²) in [5.74, 6) is -0.459. The van der Waals surface area contributed by atoms with E-state index in [1.54, 1.807) is 0 Å². The minimum Gasteiger partial charge on any atom is -0.460 e. The first kappa shape index (κ1) is 13.2. The third kappa shape index (κ3) is 4.77. The molecule has 1 rings (SSSR count). The van der Waals surface area contributed by atoms with Gasteiger partial charge in [0.2, 0.25) is 0 Å². The Hall–Kier alpha value is -0.870. The van der Waals surface area contributed by atoms with Crippen molar-refractivity contribution in [1.29, 1.82) is 0 Å². The van der Waals surface area contributed by atoms with Gasteiger partial charge >= 0.3 is 5.97 Å². The van der Waals surface area contributed by atoms with E-state index in [9.17, 15) is 15.0 Å². The zero-order chi connectivity index (χ0) is 12.0. The van der Waals surface area contributed by atoms with Crippen LogP contribution in [0.15, 0.2) is 12.2 Å². The molecule has 1 unspecified atom stereocenters. The number of aliphatic hydroxyl groups excluding tert-OH is 2. The van der Waals surface area contributed by atoms with Crippen LogP contribution in [0.25, 0.3) is 0 Å². The lowest BCUT2D eigenvalue weighted by molar-refractivity contribution is -0.142. The zero-order valence-electron chi connectivity index (χ0n) is 9.63.